The Kier molecular flexibility index (Phi) is 3.60. The van der Waals surface area contributed by atoms with E-state index in [4.69, 9.17) is 4.74 Å². The molecule has 3 heteroatoms. The van der Waals surface area contributed by atoms with Gasteiger partial charge in [0, 0.05) is 31.7 Å². The average Bonchev–Trinajstić information content (AvgIpc) is 2.73. The van der Waals surface area contributed by atoms with Crippen LogP contribution in [0.4, 0.5) is 0 Å². The Labute approximate surface area is 132 Å². The Morgan fingerprint density at radius 3 is 2.36 bits per heavy atom. The molecule has 2 aliphatic rings. The van der Waals surface area contributed by atoms with Gasteiger partial charge in [-0.05, 0) is 24.2 Å². The molecule has 22 heavy (non-hydrogen) atoms. The predicted octanol–water partition coefficient (Wildman–Crippen LogP) is 2.92. The van der Waals surface area contributed by atoms with Crippen LogP contribution in [0, 0.1) is 0 Å². The SMILES string of the molecule is CN1CCN(C2c3ccccc3COc3ccccc32)CC1. The van der Waals surface area contributed by atoms with Crippen LogP contribution in [0.2, 0.25) is 0 Å². The third-order valence-corrected chi connectivity index (χ3v) is 4.85. The Morgan fingerprint density at radius 1 is 0.864 bits per heavy atom. The maximum atomic E-state index is 6.08. The quantitative estimate of drug-likeness (QED) is 0.804. The smallest absolute Gasteiger partial charge is 0.124 e. The largest absolute Gasteiger partial charge is 0.489 e. The zero-order valence-corrected chi connectivity index (χ0v) is 13.0. The van der Waals surface area contributed by atoms with Crippen LogP contribution in [-0.2, 0) is 6.61 Å². The summed E-state index contributed by atoms with van der Waals surface area (Å²) >= 11 is 0. The van der Waals surface area contributed by atoms with Gasteiger partial charge in [-0.2, -0.15) is 0 Å². The summed E-state index contributed by atoms with van der Waals surface area (Å²) in [7, 11) is 2.20. The van der Waals surface area contributed by atoms with Gasteiger partial charge in [-0.15, -0.1) is 0 Å². The summed E-state index contributed by atoms with van der Waals surface area (Å²) in [5.41, 5.74) is 4.01. The van der Waals surface area contributed by atoms with Gasteiger partial charge in [0.1, 0.15) is 12.4 Å². The molecule has 0 aromatic heterocycles. The second kappa shape index (κ2) is 5.75. The highest BCUT2D eigenvalue weighted by atomic mass is 16.5. The molecular formula is C19H22N2O. The Balaban J connectivity index is 1.80. The first kappa shape index (κ1) is 13.8. The first-order valence-electron chi connectivity index (χ1n) is 8.05. The van der Waals surface area contributed by atoms with Gasteiger partial charge in [0.25, 0.3) is 0 Å². The number of likely N-dealkylation sites (N-methyl/N-ethyl adjacent to an activating group) is 1. The van der Waals surface area contributed by atoms with Crippen molar-refractivity contribution in [2.45, 2.75) is 12.6 Å². The molecule has 4 rings (SSSR count). The topological polar surface area (TPSA) is 15.7 Å². The van der Waals surface area contributed by atoms with E-state index in [-0.39, 0.29) is 0 Å². The highest BCUT2D eigenvalue weighted by Gasteiger charge is 2.30. The van der Waals surface area contributed by atoms with E-state index >= 15 is 0 Å². The van der Waals surface area contributed by atoms with Crippen LogP contribution >= 0.6 is 0 Å². The lowest BCUT2D eigenvalue weighted by molar-refractivity contribution is 0.127. The maximum absolute atomic E-state index is 6.08. The van der Waals surface area contributed by atoms with Crippen LogP contribution in [0.3, 0.4) is 0 Å². The van der Waals surface area contributed by atoms with E-state index in [0.29, 0.717) is 12.6 Å². The van der Waals surface area contributed by atoms with Gasteiger partial charge in [0.2, 0.25) is 0 Å². The molecule has 2 aromatic rings. The van der Waals surface area contributed by atoms with Crippen molar-refractivity contribution in [1.82, 2.24) is 9.80 Å². The van der Waals surface area contributed by atoms with Crippen LogP contribution in [-0.4, -0.2) is 43.0 Å². The zero-order chi connectivity index (χ0) is 14.9. The molecule has 0 aliphatic carbocycles. The number of hydrogen-bond acceptors (Lipinski definition) is 3. The van der Waals surface area contributed by atoms with Gasteiger partial charge < -0.3 is 9.64 Å². The molecule has 2 aliphatic heterocycles. The molecule has 2 heterocycles. The van der Waals surface area contributed by atoms with E-state index in [1.54, 1.807) is 0 Å². The number of para-hydroxylation sites is 1. The summed E-state index contributed by atoms with van der Waals surface area (Å²) < 4.78 is 6.08. The van der Waals surface area contributed by atoms with Crippen LogP contribution in [0.1, 0.15) is 22.7 Å². The fourth-order valence-corrected chi connectivity index (χ4v) is 3.57. The predicted molar refractivity (Wildman–Crippen MR) is 88.1 cm³/mol. The molecule has 3 nitrogen and oxygen atoms in total. The summed E-state index contributed by atoms with van der Waals surface area (Å²) in [4.78, 5) is 5.01. The standard InChI is InChI=1S/C19H22N2O/c1-20-10-12-21(13-11-20)19-16-7-3-2-6-15(16)14-22-18-9-5-4-8-17(18)19/h2-9,19H,10-14H2,1H3. The highest BCUT2D eigenvalue weighted by Crippen LogP contribution is 2.39. The van der Waals surface area contributed by atoms with Gasteiger partial charge in [-0.1, -0.05) is 42.5 Å². The van der Waals surface area contributed by atoms with Gasteiger partial charge >= 0.3 is 0 Å². The molecule has 0 N–H and O–H groups in total. The normalized spacial score (nSPS) is 22.3. The third-order valence-electron chi connectivity index (χ3n) is 4.85. The van der Waals surface area contributed by atoms with Gasteiger partial charge in [-0.25, -0.2) is 0 Å². The monoisotopic (exact) mass is 294 g/mol. The van der Waals surface area contributed by atoms with Gasteiger partial charge in [0.05, 0.1) is 6.04 Å². The lowest BCUT2D eigenvalue weighted by Crippen LogP contribution is -2.46. The first-order chi connectivity index (χ1) is 10.8. The van der Waals surface area contributed by atoms with E-state index < -0.39 is 0 Å². The van der Waals surface area contributed by atoms with Crippen molar-refractivity contribution in [2.75, 3.05) is 33.2 Å². The molecule has 1 saturated heterocycles. The Bertz CT molecular complexity index is 614. The molecule has 1 atom stereocenters. The van der Waals surface area contributed by atoms with Crippen LogP contribution in [0.15, 0.2) is 48.5 Å². The second-order valence-electron chi connectivity index (χ2n) is 6.27. The van der Waals surface area contributed by atoms with Crippen LogP contribution in [0.25, 0.3) is 0 Å². The van der Waals surface area contributed by atoms with Gasteiger partial charge in [0.15, 0.2) is 0 Å². The van der Waals surface area contributed by atoms with Crippen LogP contribution in [0.5, 0.6) is 5.75 Å². The summed E-state index contributed by atoms with van der Waals surface area (Å²) in [5, 5.41) is 0. The highest BCUT2D eigenvalue weighted by molar-refractivity contribution is 5.46. The Hall–Kier alpha value is -1.84. The molecule has 0 spiro atoms. The van der Waals surface area contributed by atoms with Crippen molar-refractivity contribution in [3.05, 3.63) is 65.2 Å². The van der Waals surface area contributed by atoms with Crippen LogP contribution < -0.4 is 4.74 Å². The average molecular weight is 294 g/mol. The fraction of sp³-hybridized carbons (Fsp3) is 0.368. The number of hydrogen-bond donors (Lipinski definition) is 0. The van der Waals surface area contributed by atoms with E-state index in [1.165, 1.54) is 16.7 Å². The minimum atomic E-state index is 0.309. The van der Waals surface area contributed by atoms with E-state index in [9.17, 15) is 0 Å². The molecule has 0 amide bonds. The fourth-order valence-electron chi connectivity index (χ4n) is 3.57. The molecule has 0 radical (unpaired) electrons. The van der Waals surface area contributed by atoms with E-state index in [2.05, 4.69) is 65.4 Å². The lowest BCUT2D eigenvalue weighted by atomic mass is 9.93. The molecule has 1 fully saturated rings. The number of rotatable bonds is 1. The van der Waals surface area contributed by atoms with Crippen molar-refractivity contribution in [2.24, 2.45) is 0 Å². The third kappa shape index (κ3) is 2.40. The first-order valence-corrected chi connectivity index (χ1v) is 8.05. The molecule has 2 aromatic carbocycles. The molecule has 1 unspecified atom stereocenters. The Morgan fingerprint density at radius 2 is 1.55 bits per heavy atom. The van der Waals surface area contributed by atoms with Crippen molar-refractivity contribution in [3.63, 3.8) is 0 Å². The van der Waals surface area contributed by atoms with Crippen molar-refractivity contribution < 1.29 is 4.74 Å². The van der Waals surface area contributed by atoms with E-state index in [1.807, 2.05) is 0 Å². The molecular weight excluding hydrogens is 272 g/mol. The number of fused-ring (bicyclic) bond motifs is 2. The number of ether oxygens (including phenoxy) is 1. The minimum absolute atomic E-state index is 0.309. The minimum Gasteiger partial charge on any atom is -0.489 e. The van der Waals surface area contributed by atoms with E-state index in [0.717, 1.165) is 31.9 Å². The summed E-state index contributed by atoms with van der Waals surface area (Å²) in [6, 6.07) is 17.5. The number of piperazine rings is 1. The second-order valence-corrected chi connectivity index (χ2v) is 6.27. The number of benzene rings is 2. The van der Waals surface area contributed by atoms with Gasteiger partial charge in [-0.3, -0.25) is 4.90 Å². The molecule has 0 saturated carbocycles. The van der Waals surface area contributed by atoms with Crippen molar-refractivity contribution in [1.29, 1.82) is 0 Å². The lowest BCUT2D eigenvalue weighted by Gasteiger charge is -2.38. The molecule has 114 valence electrons. The maximum Gasteiger partial charge on any atom is 0.124 e. The van der Waals surface area contributed by atoms with Crippen molar-refractivity contribution >= 4 is 0 Å². The summed E-state index contributed by atoms with van der Waals surface area (Å²) in [6.07, 6.45) is 0. The summed E-state index contributed by atoms with van der Waals surface area (Å²) in [6.45, 7) is 5.12. The summed E-state index contributed by atoms with van der Waals surface area (Å²) in [5.74, 6) is 1.03. The van der Waals surface area contributed by atoms with Crippen molar-refractivity contribution in [3.8, 4) is 5.75 Å². The molecule has 0 bridgehead atoms. The number of nitrogens with zero attached hydrogens (tertiary/aromatic N) is 2. The zero-order valence-electron chi connectivity index (χ0n) is 13.0.